The first-order valence-corrected chi connectivity index (χ1v) is 5.00. The zero-order valence-electron chi connectivity index (χ0n) is 8.29. The van der Waals surface area contributed by atoms with Crippen molar-refractivity contribution in [2.45, 2.75) is 19.8 Å². The van der Waals surface area contributed by atoms with E-state index in [0.717, 1.165) is 23.6 Å². The van der Waals surface area contributed by atoms with E-state index in [2.05, 4.69) is 13.0 Å². The molecule has 0 atom stereocenters. The zero-order valence-corrected chi connectivity index (χ0v) is 8.29. The first-order chi connectivity index (χ1) is 6.81. The fourth-order valence-corrected chi connectivity index (χ4v) is 1.75. The number of hydrogen-bond donors (Lipinski definition) is 0. The van der Waals surface area contributed by atoms with Crippen LogP contribution in [0.5, 0.6) is 5.75 Å². The maximum atomic E-state index is 11.4. The van der Waals surface area contributed by atoms with Crippen LogP contribution in [-0.2, 0) is 11.5 Å². The van der Waals surface area contributed by atoms with Gasteiger partial charge in [0.25, 0.3) is 0 Å². The van der Waals surface area contributed by atoms with E-state index in [1.54, 1.807) is 6.07 Å². The molecule has 2 aromatic rings. The summed E-state index contributed by atoms with van der Waals surface area (Å²) in [4.78, 5) is 0. The minimum absolute atomic E-state index is 0.116. The minimum Gasteiger partial charge on any atom is -0.289 e. The van der Waals surface area contributed by atoms with Crippen molar-refractivity contribution in [3.05, 3.63) is 42.0 Å². The molecule has 0 N–H and O–H groups in total. The highest BCUT2D eigenvalue weighted by Crippen LogP contribution is 2.25. The van der Waals surface area contributed by atoms with Gasteiger partial charge < -0.3 is 0 Å². The quantitative estimate of drug-likeness (QED) is 0.675. The van der Waals surface area contributed by atoms with E-state index < -0.39 is 0 Å². The van der Waals surface area contributed by atoms with Crippen molar-refractivity contribution in [1.82, 2.24) is 0 Å². The normalized spacial score (nSPS) is 10.6. The molecule has 0 spiro atoms. The Morgan fingerprint density at radius 3 is 2.79 bits per heavy atom. The number of aryl methyl sites for hydroxylation is 1. The highest BCUT2D eigenvalue weighted by molar-refractivity contribution is 5.88. The van der Waals surface area contributed by atoms with Gasteiger partial charge in [-0.25, -0.2) is 0 Å². The molecule has 0 saturated heterocycles. The van der Waals surface area contributed by atoms with E-state index in [4.69, 9.17) is 0 Å². The molecule has 0 aliphatic carbocycles. The molecule has 1 heteroatoms. The van der Waals surface area contributed by atoms with Gasteiger partial charge in [0.05, 0.1) is 0 Å². The van der Waals surface area contributed by atoms with Gasteiger partial charge >= 0.3 is 0 Å². The zero-order chi connectivity index (χ0) is 9.97. The second-order valence-electron chi connectivity index (χ2n) is 3.56. The van der Waals surface area contributed by atoms with Crippen molar-refractivity contribution < 1.29 is 5.11 Å². The van der Waals surface area contributed by atoms with Crippen LogP contribution in [0, 0.1) is 0 Å². The van der Waals surface area contributed by atoms with E-state index in [0.29, 0.717) is 0 Å². The lowest BCUT2D eigenvalue weighted by atomic mass is 10.0. The molecule has 0 saturated carbocycles. The van der Waals surface area contributed by atoms with Crippen molar-refractivity contribution >= 4 is 10.8 Å². The Labute approximate surface area is 84.0 Å². The van der Waals surface area contributed by atoms with Crippen LogP contribution >= 0.6 is 0 Å². The second-order valence-corrected chi connectivity index (χ2v) is 3.56. The summed E-state index contributed by atoms with van der Waals surface area (Å²) >= 11 is 0. The van der Waals surface area contributed by atoms with Gasteiger partial charge in [-0.2, -0.15) is 0 Å². The van der Waals surface area contributed by atoms with Gasteiger partial charge in [0.1, 0.15) is 0 Å². The number of hydrogen-bond acceptors (Lipinski definition) is 0. The summed E-state index contributed by atoms with van der Waals surface area (Å²) in [6.07, 6.45) is 2.22. The highest BCUT2D eigenvalue weighted by atomic mass is 16.3. The highest BCUT2D eigenvalue weighted by Gasteiger charge is 2.00. The van der Waals surface area contributed by atoms with Gasteiger partial charge in [0.2, 0.25) is 0 Å². The van der Waals surface area contributed by atoms with E-state index >= 15 is 0 Å². The van der Waals surface area contributed by atoms with Gasteiger partial charge in [0.15, 0.2) is 5.75 Å². The monoisotopic (exact) mass is 185 g/mol. The maximum absolute atomic E-state index is 11.4. The Balaban J connectivity index is 2.56. The van der Waals surface area contributed by atoms with E-state index in [1.807, 2.05) is 24.3 Å². The second kappa shape index (κ2) is 3.70. The third-order valence-electron chi connectivity index (χ3n) is 2.44. The van der Waals surface area contributed by atoms with Crippen molar-refractivity contribution in [2.24, 2.45) is 0 Å². The summed E-state index contributed by atoms with van der Waals surface area (Å²) in [5.74, 6) is 0.116. The molecule has 0 heterocycles. The molecule has 0 aliphatic heterocycles. The van der Waals surface area contributed by atoms with Gasteiger partial charge in [-0.3, -0.25) is 5.11 Å². The van der Waals surface area contributed by atoms with E-state index in [1.165, 1.54) is 5.56 Å². The lowest BCUT2D eigenvalue weighted by molar-refractivity contribution is 0.360. The fraction of sp³-hybridized carbons (Fsp3) is 0.231. The molecular weight excluding hydrogens is 172 g/mol. The van der Waals surface area contributed by atoms with E-state index in [9.17, 15) is 5.11 Å². The first kappa shape index (κ1) is 9.07. The van der Waals surface area contributed by atoms with Gasteiger partial charge in [-0.05, 0) is 23.4 Å². The summed E-state index contributed by atoms with van der Waals surface area (Å²) in [6.45, 7) is 2.16. The lowest BCUT2D eigenvalue weighted by Gasteiger charge is -2.02. The standard InChI is InChI=1S/C13H13O/c1-2-4-10-7-8-12-11(9-10)5-3-6-13(12)14/h3,5-9H,2,4H2,1H3. The molecule has 2 rings (SSSR count). The van der Waals surface area contributed by atoms with Crippen LogP contribution < -0.4 is 0 Å². The average molecular weight is 185 g/mol. The molecule has 1 nitrogen and oxygen atoms in total. The van der Waals surface area contributed by atoms with Gasteiger partial charge in [0, 0.05) is 5.39 Å². The summed E-state index contributed by atoms with van der Waals surface area (Å²) in [5.41, 5.74) is 1.31. The van der Waals surface area contributed by atoms with Crippen LogP contribution in [0.2, 0.25) is 0 Å². The van der Waals surface area contributed by atoms with Crippen LogP contribution in [0.15, 0.2) is 36.4 Å². The van der Waals surface area contributed by atoms with Crippen LogP contribution in [-0.4, -0.2) is 0 Å². The molecule has 0 bridgehead atoms. The predicted octanol–water partition coefficient (Wildman–Crippen LogP) is 3.94. The maximum Gasteiger partial charge on any atom is 0.186 e. The Hall–Kier alpha value is -1.50. The first-order valence-electron chi connectivity index (χ1n) is 5.00. The Bertz CT molecular complexity index is 446. The number of fused-ring (bicyclic) bond motifs is 1. The summed E-state index contributed by atoms with van der Waals surface area (Å²) in [7, 11) is 0. The molecule has 0 aliphatic rings. The Morgan fingerprint density at radius 1 is 1.14 bits per heavy atom. The molecule has 0 aromatic heterocycles. The lowest BCUT2D eigenvalue weighted by Crippen LogP contribution is -1.82. The predicted molar refractivity (Wildman–Crippen MR) is 58.1 cm³/mol. The molecule has 1 radical (unpaired) electrons. The molecule has 0 unspecified atom stereocenters. The van der Waals surface area contributed by atoms with E-state index in [-0.39, 0.29) is 5.75 Å². The SMILES string of the molecule is CCCc1ccc2c([O])cccc2c1. The van der Waals surface area contributed by atoms with Crippen molar-refractivity contribution in [2.75, 3.05) is 0 Å². The molecule has 71 valence electrons. The minimum atomic E-state index is 0.116. The number of rotatable bonds is 2. The number of benzene rings is 2. The van der Waals surface area contributed by atoms with Crippen LogP contribution in [0.4, 0.5) is 0 Å². The van der Waals surface area contributed by atoms with Gasteiger partial charge in [-0.15, -0.1) is 0 Å². The molecule has 0 fully saturated rings. The van der Waals surface area contributed by atoms with Gasteiger partial charge in [-0.1, -0.05) is 43.7 Å². The molecular formula is C13H13O. The third kappa shape index (κ3) is 1.58. The third-order valence-corrected chi connectivity index (χ3v) is 2.44. The Kier molecular flexibility index (Phi) is 2.40. The molecule has 0 amide bonds. The summed E-state index contributed by atoms with van der Waals surface area (Å²) in [5, 5.41) is 13.3. The largest absolute Gasteiger partial charge is 0.289 e. The topological polar surface area (TPSA) is 19.9 Å². The molecule has 2 aromatic carbocycles. The van der Waals surface area contributed by atoms with Crippen molar-refractivity contribution in [1.29, 1.82) is 0 Å². The fourth-order valence-electron chi connectivity index (χ4n) is 1.75. The van der Waals surface area contributed by atoms with Crippen molar-refractivity contribution in [3.8, 4) is 5.75 Å². The van der Waals surface area contributed by atoms with Crippen molar-refractivity contribution in [3.63, 3.8) is 0 Å². The summed E-state index contributed by atoms with van der Waals surface area (Å²) < 4.78 is 0. The van der Waals surface area contributed by atoms with Crippen LogP contribution in [0.25, 0.3) is 10.8 Å². The molecule has 14 heavy (non-hydrogen) atoms. The Morgan fingerprint density at radius 2 is 2.00 bits per heavy atom. The smallest absolute Gasteiger partial charge is 0.186 e. The van der Waals surface area contributed by atoms with Crippen LogP contribution in [0.1, 0.15) is 18.9 Å². The average Bonchev–Trinajstić information content (AvgIpc) is 2.18. The van der Waals surface area contributed by atoms with Crippen LogP contribution in [0.3, 0.4) is 0 Å². The summed E-state index contributed by atoms with van der Waals surface area (Å²) in [6, 6.07) is 11.5.